The Morgan fingerprint density at radius 2 is 2.00 bits per heavy atom. The molecule has 0 fully saturated rings. The molecule has 0 aliphatic rings. The Kier molecular flexibility index (Phi) is 4.31. The maximum atomic E-state index is 12.0. The summed E-state index contributed by atoms with van der Waals surface area (Å²) in [7, 11) is -1.92. The molecule has 4 nitrogen and oxygen atoms in total. The fourth-order valence-electron chi connectivity index (χ4n) is 1.52. The van der Waals surface area contributed by atoms with E-state index >= 15 is 0 Å². The van der Waals surface area contributed by atoms with Crippen molar-refractivity contribution in [2.45, 2.75) is 18.7 Å². The summed E-state index contributed by atoms with van der Waals surface area (Å²) in [6.45, 7) is 7.24. The van der Waals surface area contributed by atoms with Gasteiger partial charge in [0.2, 0.25) is 10.0 Å². The molecule has 1 aromatic carbocycles. The van der Waals surface area contributed by atoms with Crippen molar-refractivity contribution in [3.05, 3.63) is 35.9 Å². The molecule has 0 aliphatic heterocycles. The normalized spacial score (nSPS) is 11.2. The van der Waals surface area contributed by atoms with Crippen molar-refractivity contribution in [1.29, 1.82) is 0 Å². The van der Waals surface area contributed by atoms with Gasteiger partial charge in [0, 0.05) is 6.54 Å². The van der Waals surface area contributed by atoms with E-state index in [0.29, 0.717) is 11.3 Å². The van der Waals surface area contributed by atoms with Crippen LogP contribution in [0.5, 0.6) is 5.75 Å². The van der Waals surface area contributed by atoms with Crippen LogP contribution in [0.4, 0.5) is 0 Å². The lowest BCUT2D eigenvalue weighted by Crippen LogP contribution is -2.24. The van der Waals surface area contributed by atoms with Gasteiger partial charge in [-0.05, 0) is 37.1 Å². The lowest BCUT2D eigenvalue weighted by molar-refractivity contribution is 0.411. The standard InChI is InChI=1S/C12H17NO3S/c1-5-6-13-17(14,15)12-8-9(2)11(16-4)7-10(12)3/h5,7-8,13H,1,6H2,2-4H3. The Labute approximate surface area is 102 Å². The van der Waals surface area contributed by atoms with Crippen LogP contribution in [0.1, 0.15) is 11.1 Å². The van der Waals surface area contributed by atoms with Crippen molar-refractivity contribution in [1.82, 2.24) is 4.72 Å². The molecule has 94 valence electrons. The molecule has 0 saturated heterocycles. The van der Waals surface area contributed by atoms with Gasteiger partial charge in [0.25, 0.3) is 0 Å². The van der Waals surface area contributed by atoms with Gasteiger partial charge in [-0.15, -0.1) is 6.58 Å². The minimum atomic E-state index is -3.48. The molecule has 0 bridgehead atoms. The molecular weight excluding hydrogens is 238 g/mol. The summed E-state index contributed by atoms with van der Waals surface area (Å²) in [5.41, 5.74) is 1.45. The third-order valence-electron chi connectivity index (χ3n) is 2.40. The van der Waals surface area contributed by atoms with Crippen LogP contribution in [-0.2, 0) is 10.0 Å². The first kappa shape index (κ1) is 13.7. The third kappa shape index (κ3) is 3.08. The van der Waals surface area contributed by atoms with Gasteiger partial charge in [0.15, 0.2) is 0 Å². The number of hydrogen-bond donors (Lipinski definition) is 1. The molecule has 0 spiro atoms. The zero-order chi connectivity index (χ0) is 13.1. The summed E-state index contributed by atoms with van der Waals surface area (Å²) in [6, 6.07) is 3.33. The smallest absolute Gasteiger partial charge is 0.241 e. The van der Waals surface area contributed by atoms with E-state index in [-0.39, 0.29) is 11.4 Å². The van der Waals surface area contributed by atoms with Crippen molar-refractivity contribution >= 4 is 10.0 Å². The first-order valence-electron chi connectivity index (χ1n) is 5.18. The number of sulfonamides is 1. The average Bonchev–Trinajstić information content (AvgIpc) is 2.28. The summed E-state index contributed by atoms with van der Waals surface area (Å²) < 4.78 is 31.5. The molecule has 1 aromatic rings. The van der Waals surface area contributed by atoms with E-state index in [1.165, 1.54) is 6.08 Å². The number of nitrogens with one attached hydrogen (secondary N) is 1. The minimum Gasteiger partial charge on any atom is -0.496 e. The van der Waals surface area contributed by atoms with Crippen molar-refractivity contribution in [3.63, 3.8) is 0 Å². The monoisotopic (exact) mass is 255 g/mol. The maximum absolute atomic E-state index is 12.0. The first-order chi connectivity index (χ1) is 7.92. The molecule has 0 aromatic heterocycles. The zero-order valence-electron chi connectivity index (χ0n) is 10.3. The van der Waals surface area contributed by atoms with Gasteiger partial charge in [-0.25, -0.2) is 13.1 Å². The average molecular weight is 255 g/mol. The number of benzene rings is 1. The fourth-order valence-corrected chi connectivity index (χ4v) is 2.83. The Hall–Kier alpha value is -1.33. The third-order valence-corrected chi connectivity index (χ3v) is 3.97. The van der Waals surface area contributed by atoms with Crippen LogP contribution in [0.15, 0.2) is 29.7 Å². The summed E-state index contributed by atoms with van der Waals surface area (Å²) in [6.07, 6.45) is 1.50. The van der Waals surface area contributed by atoms with Gasteiger partial charge in [-0.2, -0.15) is 0 Å². The molecule has 0 amide bonds. The molecule has 0 atom stereocenters. The number of methoxy groups -OCH3 is 1. The van der Waals surface area contributed by atoms with Crippen LogP contribution in [0, 0.1) is 13.8 Å². The molecule has 0 heterocycles. The van der Waals surface area contributed by atoms with Crippen LogP contribution in [0.2, 0.25) is 0 Å². The largest absolute Gasteiger partial charge is 0.496 e. The highest BCUT2D eigenvalue weighted by atomic mass is 32.2. The fraction of sp³-hybridized carbons (Fsp3) is 0.333. The van der Waals surface area contributed by atoms with Crippen molar-refractivity contribution in [2.24, 2.45) is 0 Å². The summed E-state index contributed by atoms with van der Waals surface area (Å²) in [5.74, 6) is 0.685. The van der Waals surface area contributed by atoms with E-state index in [9.17, 15) is 8.42 Å². The molecule has 1 N–H and O–H groups in total. The highest BCUT2D eigenvalue weighted by molar-refractivity contribution is 7.89. The van der Waals surface area contributed by atoms with Crippen molar-refractivity contribution in [2.75, 3.05) is 13.7 Å². The second-order valence-corrected chi connectivity index (χ2v) is 5.46. The number of ether oxygens (including phenoxy) is 1. The number of aryl methyl sites for hydroxylation is 2. The van der Waals surface area contributed by atoms with Crippen LogP contribution in [-0.4, -0.2) is 22.1 Å². The summed E-state index contributed by atoms with van der Waals surface area (Å²) in [4.78, 5) is 0.276. The molecule has 1 rings (SSSR count). The lowest BCUT2D eigenvalue weighted by Gasteiger charge is -2.12. The Balaban J connectivity index is 3.23. The van der Waals surface area contributed by atoms with E-state index in [0.717, 1.165) is 5.56 Å². The Morgan fingerprint density at radius 1 is 1.35 bits per heavy atom. The van der Waals surface area contributed by atoms with Crippen LogP contribution >= 0.6 is 0 Å². The van der Waals surface area contributed by atoms with Crippen molar-refractivity contribution in [3.8, 4) is 5.75 Å². The highest BCUT2D eigenvalue weighted by Gasteiger charge is 2.17. The highest BCUT2D eigenvalue weighted by Crippen LogP contribution is 2.25. The molecule has 0 saturated carbocycles. The Bertz CT molecular complexity index is 521. The summed E-state index contributed by atoms with van der Waals surface area (Å²) in [5, 5.41) is 0. The molecule has 0 unspecified atom stereocenters. The van der Waals surface area contributed by atoms with Crippen LogP contribution in [0.25, 0.3) is 0 Å². The van der Waals surface area contributed by atoms with E-state index in [1.54, 1.807) is 26.2 Å². The van der Waals surface area contributed by atoms with Gasteiger partial charge < -0.3 is 4.74 Å². The molecular formula is C12H17NO3S. The quantitative estimate of drug-likeness (QED) is 0.816. The minimum absolute atomic E-state index is 0.215. The predicted molar refractivity (Wildman–Crippen MR) is 67.9 cm³/mol. The van der Waals surface area contributed by atoms with E-state index in [1.807, 2.05) is 6.92 Å². The SMILES string of the molecule is C=CCNS(=O)(=O)c1cc(C)c(OC)cc1C. The summed E-state index contributed by atoms with van der Waals surface area (Å²) >= 11 is 0. The van der Waals surface area contributed by atoms with E-state index in [4.69, 9.17) is 4.74 Å². The van der Waals surface area contributed by atoms with Crippen LogP contribution < -0.4 is 9.46 Å². The topological polar surface area (TPSA) is 55.4 Å². The second kappa shape index (κ2) is 5.33. The number of rotatable bonds is 5. The van der Waals surface area contributed by atoms with E-state index < -0.39 is 10.0 Å². The van der Waals surface area contributed by atoms with Gasteiger partial charge in [0.1, 0.15) is 5.75 Å². The van der Waals surface area contributed by atoms with Gasteiger partial charge >= 0.3 is 0 Å². The molecule has 0 radical (unpaired) electrons. The predicted octanol–water partition coefficient (Wildman–Crippen LogP) is 1.78. The molecule has 0 aliphatic carbocycles. The van der Waals surface area contributed by atoms with Gasteiger partial charge in [-0.3, -0.25) is 0 Å². The van der Waals surface area contributed by atoms with Crippen molar-refractivity contribution < 1.29 is 13.2 Å². The maximum Gasteiger partial charge on any atom is 0.241 e. The number of hydrogen-bond acceptors (Lipinski definition) is 3. The lowest BCUT2D eigenvalue weighted by atomic mass is 10.1. The van der Waals surface area contributed by atoms with E-state index in [2.05, 4.69) is 11.3 Å². The second-order valence-electron chi connectivity index (χ2n) is 3.73. The van der Waals surface area contributed by atoms with Crippen LogP contribution in [0.3, 0.4) is 0 Å². The first-order valence-corrected chi connectivity index (χ1v) is 6.66. The van der Waals surface area contributed by atoms with Gasteiger partial charge in [0.05, 0.1) is 12.0 Å². The molecule has 5 heteroatoms. The zero-order valence-corrected chi connectivity index (χ0v) is 11.1. The van der Waals surface area contributed by atoms with Gasteiger partial charge in [-0.1, -0.05) is 6.08 Å². The molecule has 17 heavy (non-hydrogen) atoms. The Morgan fingerprint density at radius 3 is 2.53 bits per heavy atom.